The first-order chi connectivity index (χ1) is 10.1. The molecule has 0 saturated carbocycles. The quantitative estimate of drug-likeness (QED) is 0.701. The molecule has 0 unspecified atom stereocenters. The smallest absolute Gasteiger partial charge is 0.144 e. The van der Waals surface area contributed by atoms with E-state index in [1.54, 1.807) is 11.3 Å². The van der Waals surface area contributed by atoms with E-state index in [1.807, 2.05) is 49.7 Å². The Morgan fingerprint density at radius 2 is 2.10 bits per heavy atom. The first-order valence-electron chi connectivity index (χ1n) is 6.79. The first-order valence-corrected chi connectivity index (χ1v) is 7.67. The summed E-state index contributed by atoms with van der Waals surface area (Å²) in [5, 5.41) is 3.34. The lowest BCUT2D eigenvalue weighted by molar-refractivity contribution is 0.244. The van der Waals surface area contributed by atoms with Crippen LogP contribution in [0.4, 0.5) is 17.1 Å². The van der Waals surface area contributed by atoms with Crippen LogP contribution >= 0.6 is 11.3 Å². The number of fused-ring (bicyclic) bond motifs is 1. The number of ether oxygens (including phenoxy) is 1. The van der Waals surface area contributed by atoms with Gasteiger partial charge in [0.25, 0.3) is 0 Å². The molecule has 0 saturated heterocycles. The van der Waals surface area contributed by atoms with Crippen molar-refractivity contribution < 1.29 is 4.74 Å². The minimum absolute atomic E-state index is 0.0936. The molecule has 0 bridgehead atoms. The summed E-state index contributed by atoms with van der Waals surface area (Å²) in [5.41, 5.74) is 11.5. The van der Waals surface area contributed by atoms with E-state index in [0.717, 1.165) is 21.6 Å². The third-order valence-electron chi connectivity index (χ3n) is 3.04. The van der Waals surface area contributed by atoms with E-state index < -0.39 is 0 Å². The molecule has 2 aromatic carbocycles. The number of hydrogen-bond acceptors (Lipinski definition) is 5. The van der Waals surface area contributed by atoms with E-state index in [-0.39, 0.29) is 6.10 Å². The van der Waals surface area contributed by atoms with E-state index in [1.165, 1.54) is 0 Å². The Labute approximate surface area is 127 Å². The van der Waals surface area contributed by atoms with Crippen molar-refractivity contribution in [1.82, 2.24) is 4.98 Å². The van der Waals surface area contributed by atoms with Gasteiger partial charge in [0.1, 0.15) is 5.75 Å². The van der Waals surface area contributed by atoms with Crippen molar-refractivity contribution in [3.8, 4) is 5.75 Å². The van der Waals surface area contributed by atoms with Gasteiger partial charge in [0, 0.05) is 5.69 Å². The van der Waals surface area contributed by atoms with E-state index in [9.17, 15) is 0 Å². The summed E-state index contributed by atoms with van der Waals surface area (Å²) in [7, 11) is 0. The average molecular weight is 299 g/mol. The largest absolute Gasteiger partial charge is 0.489 e. The van der Waals surface area contributed by atoms with Gasteiger partial charge in [0.2, 0.25) is 0 Å². The highest BCUT2D eigenvalue weighted by Gasteiger charge is 2.08. The number of nitrogens with zero attached hydrogens (tertiary/aromatic N) is 1. The zero-order valence-corrected chi connectivity index (χ0v) is 12.8. The lowest BCUT2D eigenvalue weighted by Crippen LogP contribution is -2.08. The van der Waals surface area contributed by atoms with E-state index in [4.69, 9.17) is 10.5 Å². The molecule has 5 heteroatoms. The topological polar surface area (TPSA) is 60.2 Å². The maximum atomic E-state index is 6.17. The number of aromatic nitrogens is 1. The van der Waals surface area contributed by atoms with Crippen molar-refractivity contribution in [1.29, 1.82) is 0 Å². The highest BCUT2D eigenvalue weighted by atomic mass is 32.1. The SMILES string of the molecule is CC(C)Oc1cccc(Nc2ccc3ncsc3c2)c1N. The van der Waals surface area contributed by atoms with Gasteiger partial charge in [0.15, 0.2) is 0 Å². The van der Waals surface area contributed by atoms with Crippen LogP contribution in [0.25, 0.3) is 10.2 Å². The van der Waals surface area contributed by atoms with Crippen LogP contribution in [0.3, 0.4) is 0 Å². The number of benzene rings is 2. The van der Waals surface area contributed by atoms with E-state index in [0.29, 0.717) is 11.4 Å². The zero-order chi connectivity index (χ0) is 14.8. The molecule has 3 aromatic rings. The van der Waals surface area contributed by atoms with Gasteiger partial charge < -0.3 is 15.8 Å². The van der Waals surface area contributed by atoms with Crippen LogP contribution in [0.5, 0.6) is 5.75 Å². The molecule has 0 atom stereocenters. The molecule has 4 nitrogen and oxygen atoms in total. The standard InChI is InChI=1S/C16H17N3OS/c1-10(2)20-14-5-3-4-13(16(14)17)19-11-6-7-12-15(8-11)21-9-18-12/h3-10,19H,17H2,1-2H3. The second kappa shape index (κ2) is 5.61. The zero-order valence-electron chi connectivity index (χ0n) is 12.0. The number of rotatable bonds is 4. The number of anilines is 3. The van der Waals surface area contributed by atoms with Gasteiger partial charge in [-0.05, 0) is 44.2 Å². The van der Waals surface area contributed by atoms with Crippen LogP contribution in [0.1, 0.15) is 13.8 Å². The molecule has 0 aliphatic carbocycles. The van der Waals surface area contributed by atoms with Gasteiger partial charge in [-0.25, -0.2) is 4.98 Å². The van der Waals surface area contributed by atoms with Gasteiger partial charge in [-0.3, -0.25) is 0 Å². The second-order valence-corrected chi connectivity index (χ2v) is 5.93. The molecule has 0 aliphatic rings. The monoisotopic (exact) mass is 299 g/mol. The molecule has 3 rings (SSSR count). The molecule has 0 aliphatic heterocycles. The number of nitrogens with two attached hydrogens (primary N) is 1. The maximum absolute atomic E-state index is 6.17. The minimum atomic E-state index is 0.0936. The molecule has 0 radical (unpaired) electrons. The fourth-order valence-electron chi connectivity index (χ4n) is 2.10. The molecule has 0 spiro atoms. The summed E-state index contributed by atoms with van der Waals surface area (Å²) in [4.78, 5) is 4.28. The van der Waals surface area contributed by atoms with Crippen molar-refractivity contribution in [2.45, 2.75) is 20.0 Å². The highest BCUT2D eigenvalue weighted by Crippen LogP contribution is 2.33. The summed E-state index contributed by atoms with van der Waals surface area (Å²) in [6.45, 7) is 3.97. The van der Waals surface area contributed by atoms with Gasteiger partial charge in [-0.1, -0.05) is 6.07 Å². The summed E-state index contributed by atoms with van der Waals surface area (Å²) < 4.78 is 6.85. The molecule has 3 N–H and O–H groups in total. The summed E-state index contributed by atoms with van der Waals surface area (Å²) >= 11 is 1.62. The molecule has 0 amide bonds. The lowest BCUT2D eigenvalue weighted by atomic mass is 10.2. The van der Waals surface area contributed by atoms with Crippen molar-refractivity contribution in [3.05, 3.63) is 41.9 Å². The van der Waals surface area contributed by atoms with Gasteiger partial charge in [0.05, 0.1) is 33.2 Å². The van der Waals surface area contributed by atoms with Crippen molar-refractivity contribution in [3.63, 3.8) is 0 Å². The summed E-state index contributed by atoms with van der Waals surface area (Å²) in [6.07, 6.45) is 0.0936. The molecule has 1 heterocycles. The Bertz CT molecular complexity index is 767. The fourth-order valence-corrected chi connectivity index (χ4v) is 2.81. The van der Waals surface area contributed by atoms with Crippen molar-refractivity contribution >= 4 is 38.6 Å². The number of hydrogen-bond donors (Lipinski definition) is 2. The average Bonchev–Trinajstić information content (AvgIpc) is 2.90. The Hall–Kier alpha value is -2.27. The third kappa shape index (κ3) is 2.92. The van der Waals surface area contributed by atoms with Crippen LogP contribution in [-0.4, -0.2) is 11.1 Å². The first kappa shape index (κ1) is 13.7. The number of thiazole rings is 1. The second-order valence-electron chi connectivity index (χ2n) is 5.04. The van der Waals surface area contributed by atoms with Crippen molar-refractivity contribution in [2.75, 3.05) is 11.1 Å². The van der Waals surface area contributed by atoms with E-state index >= 15 is 0 Å². The number of nitrogens with one attached hydrogen (secondary N) is 1. The third-order valence-corrected chi connectivity index (χ3v) is 3.83. The summed E-state index contributed by atoms with van der Waals surface area (Å²) in [5.74, 6) is 0.703. The number of nitrogen functional groups attached to an aromatic ring is 1. The van der Waals surface area contributed by atoms with Gasteiger partial charge >= 0.3 is 0 Å². The lowest BCUT2D eigenvalue weighted by Gasteiger charge is -2.15. The maximum Gasteiger partial charge on any atom is 0.144 e. The van der Waals surface area contributed by atoms with Gasteiger partial charge in [-0.2, -0.15) is 0 Å². The molecular formula is C16H17N3OS. The highest BCUT2D eigenvalue weighted by molar-refractivity contribution is 7.16. The van der Waals surface area contributed by atoms with Crippen LogP contribution in [0.2, 0.25) is 0 Å². The van der Waals surface area contributed by atoms with Crippen LogP contribution in [0.15, 0.2) is 41.9 Å². The number of para-hydroxylation sites is 1. The predicted molar refractivity (Wildman–Crippen MR) is 89.5 cm³/mol. The van der Waals surface area contributed by atoms with Crippen LogP contribution in [0, 0.1) is 0 Å². The molecule has 1 aromatic heterocycles. The Kier molecular flexibility index (Phi) is 3.66. The Balaban J connectivity index is 1.90. The molecular weight excluding hydrogens is 282 g/mol. The van der Waals surface area contributed by atoms with E-state index in [2.05, 4.69) is 16.4 Å². The van der Waals surface area contributed by atoms with Crippen LogP contribution < -0.4 is 15.8 Å². The van der Waals surface area contributed by atoms with Gasteiger partial charge in [-0.15, -0.1) is 11.3 Å². The minimum Gasteiger partial charge on any atom is -0.489 e. The summed E-state index contributed by atoms with van der Waals surface area (Å²) in [6, 6.07) is 11.8. The normalized spacial score (nSPS) is 11.0. The predicted octanol–water partition coefficient (Wildman–Crippen LogP) is 4.41. The Morgan fingerprint density at radius 3 is 2.90 bits per heavy atom. The van der Waals surface area contributed by atoms with Crippen LogP contribution in [-0.2, 0) is 0 Å². The van der Waals surface area contributed by atoms with Crippen molar-refractivity contribution in [2.24, 2.45) is 0 Å². The molecule has 0 fully saturated rings. The molecule has 108 valence electrons. The fraction of sp³-hybridized carbons (Fsp3) is 0.188. The molecule has 21 heavy (non-hydrogen) atoms. The Morgan fingerprint density at radius 1 is 1.24 bits per heavy atom.